The lowest BCUT2D eigenvalue weighted by atomic mass is 10.1. The van der Waals surface area contributed by atoms with Gasteiger partial charge in [0.1, 0.15) is 5.82 Å². The van der Waals surface area contributed by atoms with Gasteiger partial charge < -0.3 is 15.0 Å². The van der Waals surface area contributed by atoms with Crippen molar-refractivity contribution in [1.29, 1.82) is 0 Å². The maximum atomic E-state index is 5.38. The smallest absolute Gasteiger partial charge is 0.133 e. The number of anilines is 1. The van der Waals surface area contributed by atoms with Gasteiger partial charge in [-0.1, -0.05) is 13.0 Å². The summed E-state index contributed by atoms with van der Waals surface area (Å²) in [7, 11) is 0. The van der Waals surface area contributed by atoms with Gasteiger partial charge in [-0.05, 0) is 19.5 Å². The normalized spacial score (nSPS) is 18.1. The lowest BCUT2D eigenvalue weighted by Crippen LogP contribution is -2.38. The Morgan fingerprint density at radius 1 is 1.47 bits per heavy atom. The van der Waals surface area contributed by atoms with Gasteiger partial charge in [-0.15, -0.1) is 0 Å². The summed E-state index contributed by atoms with van der Waals surface area (Å²) >= 11 is 0. The monoisotopic (exact) mass is 235 g/mol. The first kappa shape index (κ1) is 12.3. The molecule has 1 aromatic heterocycles. The van der Waals surface area contributed by atoms with Crippen LogP contribution in [0, 0.1) is 0 Å². The molecule has 1 N–H and O–H groups in total. The van der Waals surface area contributed by atoms with Crippen molar-refractivity contribution in [3.05, 3.63) is 23.9 Å². The number of aromatic nitrogens is 1. The third kappa shape index (κ3) is 2.96. The summed E-state index contributed by atoms with van der Waals surface area (Å²) in [5.74, 6) is 1.10. The number of hydrogen-bond donors (Lipinski definition) is 1. The van der Waals surface area contributed by atoms with E-state index in [0.29, 0.717) is 6.04 Å². The highest BCUT2D eigenvalue weighted by Crippen LogP contribution is 2.24. The van der Waals surface area contributed by atoms with Crippen LogP contribution in [-0.2, 0) is 4.74 Å². The average molecular weight is 235 g/mol. The van der Waals surface area contributed by atoms with Crippen molar-refractivity contribution in [2.45, 2.75) is 19.9 Å². The summed E-state index contributed by atoms with van der Waals surface area (Å²) in [5, 5.41) is 3.44. The van der Waals surface area contributed by atoms with Gasteiger partial charge in [0.2, 0.25) is 0 Å². The molecule has 4 nitrogen and oxygen atoms in total. The van der Waals surface area contributed by atoms with Crippen LogP contribution in [0.4, 0.5) is 5.82 Å². The van der Waals surface area contributed by atoms with Crippen LogP contribution >= 0.6 is 0 Å². The molecular weight excluding hydrogens is 214 g/mol. The van der Waals surface area contributed by atoms with E-state index in [1.165, 1.54) is 5.56 Å². The van der Waals surface area contributed by atoms with Crippen LogP contribution in [0.25, 0.3) is 0 Å². The second kappa shape index (κ2) is 5.98. The third-order valence-electron chi connectivity index (χ3n) is 3.10. The summed E-state index contributed by atoms with van der Waals surface area (Å²) < 4.78 is 5.38. The molecule has 0 bridgehead atoms. The van der Waals surface area contributed by atoms with Gasteiger partial charge in [0.15, 0.2) is 0 Å². The summed E-state index contributed by atoms with van der Waals surface area (Å²) in [6, 6.07) is 4.50. The molecule has 1 saturated heterocycles. The van der Waals surface area contributed by atoms with E-state index in [1.807, 2.05) is 12.3 Å². The minimum atomic E-state index is 0.339. The van der Waals surface area contributed by atoms with Crippen molar-refractivity contribution < 1.29 is 4.74 Å². The summed E-state index contributed by atoms with van der Waals surface area (Å²) in [6.45, 7) is 8.74. The van der Waals surface area contributed by atoms with Crippen LogP contribution in [0.3, 0.4) is 0 Å². The van der Waals surface area contributed by atoms with Crippen LogP contribution in [0.15, 0.2) is 18.3 Å². The molecule has 0 amide bonds. The van der Waals surface area contributed by atoms with E-state index in [2.05, 4.69) is 35.1 Å². The molecule has 0 aliphatic carbocycles. The summed E-state index contributed by atoms with van der Waals surface area (Å²) in [6.07, 6.45) is 1.87. The molecular formula is C13H21N3O. The zero-order chi connectivity index (χ0) is 12.1. The molecule has 2 heterocycles. The van der Waals surface area contributed by atoms with Gasteiger partial charge in [-0.25, -0.2) is 4.98 Å². The van der Waals surface area contributed by atoms with Crippen molar-refractivity contribution >= 4 is 5.82 Å². The molecule has 1 aliphatic rings. The standard InChI is InChI=1S/C13H21N3O/c1-3-14-11(2)12-5-4-6-15-13(12)16-7-9-17-10-8-16/h4-6,11,14H,3,7-10H2,1-2H3. The number of rotatable bonds is 4. The number of ether oxygens (including phenoxy) is 1. The Labute approximate surface area is 103 Å². The third-order valence-corrected chi connectivity index (χ3v) is 3.10. The Bertz CT molecular complexity index is 350. The Morgan fingerprint density at radius 2 is 2.24 bits per heavy atom. The van der Waals surface area contributed by atoms with Crippen molar-refractivity contribution in [3.8, 4) is 0 Å². The minimum Gasteiger partial charge on any atom is -0.378 e. The van der Waals surface area contributed by atoms with Crippen molar-refractivity contribution in [3.63, 3.8) is 0 Å². The molecule has 2 rings (SSSR count). The molecule has 1 unspecified atom stereocenters. The first-order valence-electron chi connectivity index (χ1n) is 6.34. The van der Waals surface area contributed by atoms with Gasteiger partial charge in [0.05, 0.1) is 13.2 Å². The highest BCUT2D eigenvalue weighted by Gasteiger charge is 2.18. The number of nitrogens with one attached hydrogen (secondary N) is 1. The topological polar surface area (TPSA) is 37.4 Å². The van der Waals surface area contributed by atoms with E-state index in [1.54, 1.807) is 0 Å². The fourth-order valence-corrected chi connectivity index (χ4v) is 2.20. The van der Waals surface area contributed by atoms with Gasteiger partial charge in [-0.3, -0.25) is 0 Å². The molecule has 0 spiro atoms. The number of morpholine rings is 1. The minimum absolute atomic E-state index is 0.339. The molecule has 0 aromatic carbocycles. The van der Waals surface area contributed by atoms with Crippen LogP contribution < -0.4 is 10.2 Å². The fourth-order valence-electron chi connectivity index (χ4n) is 2.20. The van der Waals surface area contributed by atoms with E-state index in [9.17, 15) is 0 Å². The maximum Gasteiger partial charge on any atom is 0.133 e. The Hall–Kier alpha value is -1.13. The maximum absolute atomic E-state index is 5.38. The molecule has 1 atom stereocenters. The van der Waals surface area contributed by atoms with E-state index in [0.717, 1.165) is 38.7 Å². The highest BCUT2D eigenvalue weighted by molar-refractivity contribution is 5.48. The van der Waals surface area contributed by atoms with Crippen LogP contribution in [0.1, 0.15) is 25.5 Å². The number of hydrogen-bond acceptors (Lipinski definition) is 4. The van der Waals surface area contributed by atoms with Gasteiger partial charge in [0, 0.05) is 30.9 Å². The van der Waals surface area contributed by atoms with Gasteiger partial charge >= 0.3 is 0 Å². The average Bonchev–Trinajstić information content (AvgIpc) is 2.40. The largest absolute Gasteiger partial charge is 0.378 e. The Morgan fingerprint density at radius 3 is 2.94 bits per heavy atom. The number of pyridine rings is 1. The molecule has 94 valence electrons. The predicted molar refractivity (Wildman–Crippen MR) is 69.4 cm³/mol. The number of nitrogens with zero attached hydrogens (tertiary/aromatic N) is 2. The zero-order valence-electron chi connectivity index (χ0n) is 10.6. The van der Waals surface area contributed by atoms with E-state index >= 15 is 0 Å². The first-order valence-corrected chi connectivity index (χ1v) is 6.34. The van der Waals surface area contributed by atoms with Crippen molar-refractivity contribution in [2.75, 3.05) is 37.7 Å². The summed E-state index contributed by atoms with van der Waals surface area (Å²) in [4.78, 5) is 6.85. The molecule has 0 radical (unpaired) electrons. The molecule has 0 saturated carbocycles. The van der Waals surface area contributed by atoms with Crippen molar-refractivity contribution in [1.82, 2.24) is 10.3 Å². The van der Waals surface area contributed by atoms with Crippen LogP contribution in [0.5, 0.6) is 0 Å². The second-order valence-corrected chi connectivity index (χ2v) is 4.30. The van der Waals surface area contributed by atoms with Crippen LogP contribution in [-0.4, -0.2) is 37.8 Å². The van der Waals surface area contributed by atoms with E-state index < -0.39 is 0 Å². The lowest BCUT2D eigenvalue weighted by molar-refractivity contribution is 0.122. The Kier molecular flexibility index (Phi) is 4.34. The molecule has 4 heteroatoms. The first-order chi connectivity index (χ1) is 8.33. The molecule has 1 aliphatic heterocycles. The lowest BCUT2D eigenvalue weighted by Gasteiger charge is -2.30. The van der Waals surface area contributed by atoms with Gasteiger partial charge in [0.25, 0.3) is 0 Å². The van der Waals surface area contributed by atoms with E-state index in [-0.39, 0.29) is 0 Å². The second-order valence-electron chi connectivity index (χ2n) is 4.30. The molecule has 17 heavy (non-hydrogen) atoms. The van der Waals surface area contributed by atoms with Crippen LogP contribution in [0.2, 0.25) is 0 Å². The predicted octanol–water partition coefficient (Wildman–Crippen LogP) is 1.59. The Balaban J connectivity index is 2.19. The SMILES string of the molecule is CCNC(C)c1cccnc1N1CCOCC1. The zero-order valence-corrected chi connectivity index (χ0v) is 10.6. The van der Waals surface area contributed by atoms with E-state index in [4.69, 9.17) is 4.74 Å². The van der Waals surface area contributed by atoms with Crippen molar-refractivity contribution in [2.24, 2.45) is 0 Å². The van der Waals surface area contributed by atoms with Gasteiger partial charge in [-0.2, -0.15) is 0 Å². The highest BCUT2D eigenvalue weighted by atomic mass is 16.5. The summed E-state index contributed by atoms with van der Waals surface area (Å²) in [5.41, 5.74) is 1.27. The quantitative estimate of drug-likeness (QED) is 0.860. The fraction of sp³-hybridized carbons (Fsp3) is 0.615. The molecule has 1 fully saturated rings. The molecule has 1 aromatic rings.